The molecule has 0 radical (unpaired) electrons. The first-order valence-electron chi connectivity index (χ1n) is 9.76. The maximum absolute atomic E-state index is 12.8. The fourth-order valence-corrected chi connectivity index (χ4v) is 3.22. The summed E-state index contributed by atoms with van der Waals surface area (Å²) in [6.45, 7) is 3.30. The molecular weight excluding hydrogens is 396 g/mol. The summed E-state index contributed by atoms with van der Waals surface area (Å²) in [5.74, 6) is 0.948. The number of para-hydroxylation sites is 3. The number of rotatable bonds is 8. The molecule has 0 saturated heterocycles. The van der Waals surface area contributed by atoms with Crippen molar-refractivity contribution < 1.29 is 14.3 Å². The molecule has 6 heteroatoms. The van der Waals surface area contributed by atoms with Gasteiger partial charge in [0.05, 0.1) is 5.56 Å². The smallest absolute Gasteiger partial charge is 0.261 e. The summed E-state index contributed by atoms with van der Waals surface area (Å²) in [4.78, 5) is 14.7. The van der Waals surface area contributed by atoms with Crippen molar-refractivity contribution >= 4 is 28.9 Å². The van der Waals surface area contributed by atoms with Crippen molar-refractivity contribution in [2.75, 3.05) is 24.7 Å². The highest BCUT2D eigenvalue weighted by molar-refractivity contribution is 7.80. The van der Waals surface area contributed by atoms with Crippen LogP contribution < -0.4 is 19.7 Å². The Morgan fingerprint density at radius 1 is 0.867 bits per heavy atom. The minimum Gasteiger partial charge on any atom is -0.490 e. The van der Waals surface area contributed by atoms with E-state index in [9.17, 15) is 4.79 Å². The lowest BCUT2D eigenvalue weighted by molar-refractivity contribution is 0.0972. The molecule has 3 rings (SSSR count). The van der Waals surface area contributed by atoms with E-state index in [2.05, 4.69) is 5.32 Å². The average Bonchev–Trinajstić information content (AvgIpc) is 2.79. The highest BCUT2D eigenvalue weighted by atomic mass is 32.1. The lowest BCUT2D eigenvalue weighted by Gasteiger charge is -2.24. The normalized spacial score (nSPS) is 10.2. The molecule has 1 N–H and O–H groups in total. The van der Waals surface area contributed by atoms with Crippen LogP contribution in [-0.4, -0.2) is 30.8 Å². The Labute approximate surface area is 182 Å². The molecule has 154 valence electrons. The molecule has 0 aliphatic carbocycles. The van der Waals surface area contributed by atoms with Crippen LogP contribution in [0.15, 0.2) is 84.9 Å². The van der Waals surface area contributed by atoms with E-state index in [0.29, 0.717) is 36.2 Å². The van der Waals surface area contributed by atoms with Crippen LogP contribution in [0.2, 0.25) is 0 Å². The largest absolute Gasteiger partial charge is 0.490 e. The second kappa shape index (κ2) is 11.0. The summed E-state index contributed by atoms with van der Waals surface area (Å²) < 4.78 is 11.4. The molecule has 30 heavy (non-hydrogen) atoms. The standard InChI is InChI=1S/C24H24N2O3S/c1-2-26(19-11-5-3-6-12-19)24(30)25-23(27)21-15-9-10-16-22(21)29-18-17-28-20-13-7-4-8-14-20/h3-16H,2,17-18H2,1H3,(H,25,27,30). The number of nitrogens with zero attached hydrogens (tertiary/aromatic N) is 1. The van der Waals surface area contributed by atoms with Crippen LogP contribution in [0.25, 0.3) is 0 Å². The van der Waals surface area contributed by atoms with Crippen molar-refractivity contribution in [3.8, 4) is 11.5 Å². The predicted molar refractivity (Wildman–Crippen MR) is 123 cm³/mol. The molecule has 0 aliphatic rings. The molecule has 0 spiro atoms. The molecule has 0 saturated carbocycles. The lowest BCUT2D eigenvalue weighted by Crippen LogP contribution is -2.42. The van der Waals surface area contributed by atoms with Gasteiger partial charge in [-0.2, -0.15) is 0 Å². The predicted octanol–water partition coefficient (Wildman–Crippen LogP) is 4.69. The third-order valence-corrected chi connectivity index (χ3v) is 4.66. The van der Waals surface area contributed by atoms with Gasteiger partial charge in [-0.15, -0.1) is 0 Å². The third-order valence-electron chi connectivity index (χ3n) is 4.33. The molecule has 0 atom stereocenters. The molecule has 0 bridgehead atoms. The molecule has 3 aromatic carbocycles. The number of benzene rings is 3. The Balaban J connectivity index is 1.60. The van der Waals surface area contributed by atoms with Crippen molar-refractivity contribution in [2.24, 2.45) is 0 Å². The maximum Gasteiger partial charge on any atom is 0.261 e. The molecule has 0 aromatic heterocycles. The Morgan fingerprint density at radius 2 is 1.47 bits per heavy atom. The van der Waals surface area contributed by atoms with Gasteiger partial charge in [0.2, 0.25) is 0 Å². The minimum absolute atomic E-state index is 0.311. The number of anilines is 1. The van der Waals surface area contributed by atoms with Crippen LogP contribution in [0, 0.1) is 0 Å². The van der Waals surface area contributed by atoms with Crippen molar-refractivity contribution in [1.29, 1.82) is 0 Å². The number of hydrogen-bond acceptors (Lipinski definition) is 4. The maximum atomic E-state index is 12.8. The van der Waals surface area contributed by atoms with E-state index in [1.165, 1.54) is 0 Å². The van der Waals surface area contributed by atoms with Crippen LogP contribution in [-0.2, 0) is 0 Å². The molecule has 0 unspecified atom stereocenters. The molecule has 3 aromatic rings. The number of hydrogen-bond donors (Lipinski definition) is 1. The molecular formula is C24H24N2O3S. The average molecular weight is 421 g/mol. The van der Waals surface area contributed by atoms with Gasteiger partial charge in [0.1, 0.15) is 24.7 Å². The minimum atomic E-state index is -0.311. The van der Waals surface area contributed by atoms with E-state index in [1.54, 1.807) is 18.2 Å². The number of thiocarbonyl (C=S) groups is 1. The monoisotopic (exact) mass is 420 g/mol. The van der Waals surface area contributed by atoms with Crippen LogP contribution in [0.4, 0.5) is 5.69 Å². The van der Waals surface area contributed by atoms with Gasteiger partial charge in [0.15, 0.2) is 5.11 Å². The van der Waals surface area contributed by atoms with E-state index in [-0.39, 0.29) is 5.91 Å². The van der Waals surface area contributed by atoms with E-state index in [1.807, 2.05) is 78.6 Å². The zero-order valence-electron chi connectivity index (χ0n) is 16.8. The van der Waals surface area contributed by atoms with E-state index in [4.69, 9.17) is 21.7 Å². The third kappa shape index (κ3) is 5.81. The Morgan fingerprint density at radius 3 is 2.17 bits per heavy atom. The van der Waals surface area contributed by atoms with Gasteiger partial charge in [0.25, 0.3) is 5.91 Å². The van der Waals surface area contributed by atoms with Gasteiger partial charge >= 0.3 is 0 Å². The second-order valence-electron chi connectivity index (χ2n) is 6.35. The van der Waals surface area contributed by atoms with E-state index < -0.39 is 0 Å². The highest BCUT2D eigenvalue weighted by Crippen LogP contribution is 2.19. The van der Waals surface area contributed by atoms with Crippen LogP contribution >= 0.6 is 12.2 Å². The van der Waals surface area contributed by atoms with Crippen molar-refractivity contribution in [2.45, 2.75) is 6.92 Å². The number of ether oxygens (including phenoxy) is 2. The molecule has 0 aliphatic heterocycles. The highest BCUT2D eigenvalue weighted by Gasteiger charge is 2.17. The van der Waals surface area contributed by atoms with Crippen LogP contribution in [0.1, 0.15) is 17.3 Å². The fourth-order valence-electron chi connectivity index (χ4n) is 2.89. The molecule has 1 amide bonds. The summed E-state index contributed by atoms with van der Waals surface area (Å²) >= 11 is 5.47. The first-order valence-corrected chi connectivity index (χ1v) is 10.2. The molecule has 0 heterocycles. The quantitative estimate of drug-likeness (QED) is 0.423. The number of nitrogens with one attached hydrogen (secondary N) is 1. The van der Waals surface area contributed by atoms with Crippen LogP contribution in [0.5, 0.6) is 11.5 Å². The van der Waals surface area contributed by atoms with Gasteiger partial charge in [0, 0.05) is 12.2 Å². The van der Waals surface area contributed by atoms with Crippen molar-refractivity contribution in [1.82, 2.24) is 5.32 Å². The summed E-state index contributed by atoms with van der Waals surface area (Å²) in [7, 11) is 0. The van der Waals surface area contributed by atoms with E-state index >= 15 is 0 Å². The van der Waals surface area contributed by atoms with Crippen LogP contribution in [0.3, 0.4) is 0 Å². The summed E-state index contributed by atoms with van der Waals surface area (Å²) in [5.41, 5.74) is 1.34. The second-order valence-corrected chi connectivity index (χ2v) is 6.73. The van der Waals surface area contributed by atoms with Gasteiger partial charge < -0.3 is 14.4 Å². The number of amides is 1. The number of carbonyl (C=O) groups is 1. The van der Waals surface area contributed by atoms with Gasteiger partial charge in [-0.3, -0.25) is 10.1 Å². The zero-order chi connectivity index (χ0) is 21.2. The SMILES string of the molecule is CCN(C(=S)NC(=O)c1ccccc1OCCOc1ccccc1)c1ccccc1. The first-order chi connectivity index (χ1) is 14.7. The van der Waals surface area contributed by atoms with E-state index in [0.717, 1.165) is 11.4 Å². The Bertz CT molecular complexity index is 964. The topological polar surface area (TPSA) is 50.8 Å². The van der Waals surface area contributed by atoms with Gasteiger partial charge in [-0.25, -0.2) is 0 Å². The molecule has 0 fully saturated rings. The van der Waals surface area contributed by atoms with Crippen molar-refractivity contribution in [3.63, 3.8) is 0 Å². The van der Waals surface area contributed by atoms with Crippen molar-refractivity contribution in [3.05, 3.63) is 90.5 Å². The first kappa shape index (κ1) is 21.3. The lowest BCUT2D eigenvalue weighted by atomic mass is 10.2. The molecule has 5 nitrogen and oxygen atoms in total. The van der Waals surface area contributed by atoms with Gasteiger partial charge in [-0.1, -0.05) is 48.5 Å². The number of carbonyl (C=O) groups excluding carboxylic acids is 1. The summed E-state index contributed by atoms with van der Waals surface area (Å²) in [6, 6.07) is 26.3. The Kier molecular flexibility index (Phi) is 7.80. The summed E-state index contributed by atoms with van der Waals surface area (Å²) in [5, 5.41) is 3.15. The Hall–Kier alpha value is -3.38. The van der Waals surface area contributed by atoms with Gasteiger partial charge in [-0.05, 0) is 55.5 Å². The summed E-state index contributed by atoms with van der Waals surface area (Å²) in [6.07, 6.45) is 0. The fraction of sp³-hybridized carbons (Fsp3) is 0.167. The zero-order valence-corrected chi connectivity index (χ0v) is 17.6.